The number of para-hydroxylation sites is 4. The molecule has 5 heterocycles. The lowest BCUT2D eigenvalue weighted by Gasteiger charge is -2.17. The molecule has 0 N–H and O–H groups in total. The summed E-state index contributed by atoms with van der Waals surface area (Å²) in [5.74, 6) is 2.34. The van der Waals surface area contributed by atoms with Crippen LogP contribution in [0.2, 0.25) is 0 Å². The quantitative estimate of drug-likeness (QED) is 0.144. The van der Waals surface area contributed by atoms with E-state index in [1.807, 2.05) is 84.9 Å². The van der Waals surface area contributed by atoms with Gasteiger partial charge in [0.15, 0.2) is 23.3 Å². The number of benzene rings is 11. The van der Waals surface area contributed by atoms with Crippen LogP contribution in [0.15, 0.2) is 279 Å². The van der Waals surface area contributed by atoms with Gasteiger partial charge in [-0.3, -0.25) is 0 Å². The summed E-state index contributed by atoms with van der Waals surface area (Å²) in [6.07, 6.45) is 0. The Hall–Kier alpha value is -11.1. The van der Waals surface area contributed by atoms with Crippen LogP contribution < -0.4 is 0 Å². The fourth-order valence-electron chi connectivity index (χ4n) is 12.0. The van der Waals surface area contributed by atoms with Gasteiger partial charge in [-0.05, 0) is 84.9 Å². The van der Waals surface area contributed by atoms with Crippen molar-refractivity contribution in [3.8, 4) is 85.1 Å². The van der Waals surface area contributed by atoms with Gasteiger partial charge in [-0.2, -0.15) is 0 Å². The van der Waals surface area contributed by atoms with Crippen molar-refractivity contribution in [1.82, 2.24) is 38.6 Å². The summed E-state index contributed by atoms with van der Waals surface area (Å²) >= 11 is 0. The molecule has 0 radical (unpaired) electrons. The highest BCUT2D eigenvalue weighted by Gasteiger charge is 2.24. The van der Waals surface area contributed by atoms with Gasteiger partial charge in [0.2, 0.25) is 0 Å². The summed E-state index contributed by atoms with van der Waals surface area (Å²) < 4.78 is 7.23. The summed E-state index contributed by atoms with van der Waals surface area (Å²) in [6, 6.07) is 98.3. The third-order valence-electron chi connectivity index (χ3n) is 15.7. The molecule has 0 spiro atoms. The second-order valence-corrected chi connectivity index (χ2v) is 20.4. The Morgan fingerprint density at radius 1 is 0.210 bits per heavy atom. The predicted octanol–water partition coefficient (Wildman–Crippen LogP) is 18.0. The van der Waals surface area contributed by atoms with Crippen molar-refractivity contribution in [2.24, 2.45) is 0 Å². The molecule has 8 nitrogen and oxygen atoms in total. The molecule has 0 aliphatic rings. The first-order valence-corrected chi connectivity index (χ1v) is 27.2. The topological polar surface area (TPSA) is 79.2 Å². The molecular weight excluding hydrogens is 989 g/mol. The van der Waals surface area contributed by atoms with E-state index in [4.69, 9.17) is 24.9 Å². The maximum Gasteiger partial charge on any atom is 0.164 e. The van der Waals surface area contributed by atoms with Gasteiger partial charge in [0.1, 0.15) is 0 Å². The first-order valence-electron chi connectivity index (χ1n) is 27.2. The summed E-state index contributed by atoms with van der Waals surface area (Å²) in [5.41, 5.74) is 16.7. The molecule has 0 saturated carbocycles. The van der Waals surface area contributed by atoms with Gasteiger partial charge in [-0.25, -0.2) is 24.9 Å². The molecule has 11 aromatic carbocycles. The molecule has 0 fully saturated rings. The molecule has 5 aromatic heterocycles. The van der Waals surface area contributed by atoms with Crippen molar-refractivity contribution in [3.63, 3.8) is 0 Å². The second kappa shape index (κ2) is 18.8. The third-order valence-corrected chi connectivity index (χ3v) is 15.7. The maximum absolute atomic E-state index is 5.52. The molecule has 0 unspecified atom stereocenters. The zero-order valence-corrected chi connectivity index (χ0v) is 43.6. The smallest absolute Gasteiger partial charge is 0.164 e. The van der Waals surface area contributed by atoms with Crippen LogP contribution in [0.3, 0.4) is 0 Å². The molecule has 16 rings (SSSR count). The van der Waals surface area contributed by atoms with Crippen LogP contribution in [0.1, 0.15) is 0 Å². The minimum Gasteiger partial charge on any atom is -0.309 e. The number of nitrogens with zero attached hydrogens (tertiary/aromatic N) is 8. The number of aromatic nitrogens is 8. The van der Waals surface area contributed by atoms with Gasteiger partial charge in [-0.1, -0.05) is 194 Å². The van der Waals surface area contributed by atoms with Crippen molar-refractivity contribution >= 4 is 65.4 Å². The summed E-state index contributed by atoms with van der Waals surface area (Å²) in [4.78, 5) is 26.3. The van der Waals surface area contributed by atoms with E-state index in [-0.39, 0.29) is 0 Å². The van der Waals surface area contributed by atoms with E-state index in [2.05, 4.69) is 208 Å². The average molecular weight is 1040 g/mol. The van der Waals surface area contributed by atoms with Crippen molar-refractivity contribution in [3.05, 3.63) is 279 Å². The summed E-state index contributed by atoms with van der Waals surface area (Å²) in [5, 5.41) is 7.08. The molecule has 0 aliphatic carbocycles. The summed E-state index contributed by atoms with van der Waals surface area (Å²) in [6.45, 7) is 0. The lowest BCUT2D eigenvalue weighted by molar-refractivity contribution is 1.07. The van der Waals surface area contributed by atoms with Crippen molar-refractivity contribution in [1.29, 1.82) is 0 Å². The molecular formula is C73H46N8. The van der Waals surface area contributed by atoms with Gasteiger partial charge >= 0.3 is 0 Å². The van der Waals surface area contributed by atoms with E-state index in [1.165, 1.54) is 21.5 Å². The van der Waals surface area contributed by atoms with Crippen LogP contribution in [-0.2, 0) is 0 Å². The molecule has 0 saturated heterocycles. The fraction of sp³-hybridized carbons (Fsp3) is 0. The van der Waals surface area contributed by atoms with Crippen molar-refractivity contribution in [2.45, 2.75) is 0 Å². The van der Waals surface area contributed by atoms with Crippen LogP contribution in [-0.4, -0.2) is 38.6 Å². The molecule has 8 heteroatoms. The lowest BCUT2D eigenvalue weighted by atomic mass is 10.0. The normalized spacial score (nSPS) is 11.7. The zero-order valence-electron chi connectivity index (χ0n) is 43.6. The Bertz CT molecular complexity index is 4710. The fourth-order valence-corrected chi connectivity index (χ4v) is 12.0. The van der Waals surface area contributed by atoms with Gasteiger partial charge < -0.3 is 13.7 Å². The van der Waals surface area contributed by atoms with Crippen molar-refractivity contribution in [2.75, 3.05) is 0 Å². The first-order chi connectivity index (χ1) is 40.2. The zero-order chi connectivity index (χ0) is 53.4. The highest BCUT2D eigenvalue weighted by molar-refractivity contribution is 6.14. The van der Waals surface area contributed by atoms with E-state index < -0.39 is 0 Å². The molecule has 0 amide bonds. The van der Waals surface area contributed by atoms with Gasteiger partial charge in [0.05, 0.1) is 50.2 Å². The Balaban J connectivity index is 0.998. The first kappa shape index (κ1) is 46.0. The monoisotopic (exact) mass is 1030 g/mol. The Morgan fingerprint density at radius 2 is 0.556 bits per heavy atom. The van der Waals surface area contributed by atoms with Crippen molar-refractivity contribution < 1.29 is 0 Å². The number of hydrogen-bond acceptors (Lipinski definition) is 5. The minimum atomic E-state index is 0.546. The number of fused-ring (bicyclic) bond motifs is 9. The molecule has 16 aromatic rings. The van der Waals surface area contributed by atoms with E-state index in [0.717, 1.165) is 106 Å². The Kier molecular flexibility index (Phi) is 10.7. The molecule has 81 heavy (non-hydrogen) atoms. The molecule has 0 atom stereocenters. The third kappa shape index (κ3) is 7.72. The summed E-state index contributed by atoms with van der Waals surface area (Å²) in [7, 11) is 0. The number of hydrogen-bond donors (Lipinski definition) is 0. The highest BCUT2D eigenvalue weighted by atomic mass is 15.0. The molecule has 0 aliphatic heterocycles. The largest absolute Gasteiger partial charge is 0.309 e. The van der Waals surface area contributed by atoms with Gasteiger partial charge in [-0.15, -0.1) is 0 Å². The van der Waals surface area contributed by atoms with Gasteiger partial charge in [0.25, 0.3) is 0 Å². The molecule has 0 bridgehead atoms. The standard InChI is InChI=1S/C73H46N8/c1-5-21-47(22-6-1)61-46-62(75-70(74-61)48-23-7-2-8-24-48)60-43-51(73-77-71(49-25-9-3-10-26-49)76-72(78-73)50-27-11-4-12-28-50)37-40-69(60)81-67-41-38-52(79-63-33-17-13-29-54(63)55-30-14-18-34-64(55)79)44-58(67)59-45-53(39-42-68(59)81)80-65-35-19-15-31-56(65)57-32-16-20-36-66(57)80/h1-46H. The van der Waals surface area contributed by atoms with Crippen LogP contribution >= 0.6 is 0 Å². The van der Waals surface area contributed by atoms with E-state index in [9.17, 15) is 0 Å². The van der Waals surface area contributed by atoms with Crippen LogP contribution in [0.25, 0.3) is 151 Å². The average Bonchev–Trinajstić information content (AvgIpc) is 4.41. The van der Waals surface area contributed by atoms with Gasteiger partial charge in [0, 0.05) is 77.1 Å². The minimum absolute atomic E-state index is 0.546. The van der Waals surface area contributed by atoms with Crippen LogP contribution in [0.4, 0.5) is 0 Å². The Labute approximate surface area is 465 Å². The predicted molar refractivity (Wildman–Crippen MR) is 331 cm³/mol. The van der Waals surface area contributed by atoms with Crippen LogP contribution in [0.5, 0.6) is 0 Å². The SMILES string of the molecule is c1ccc(-c2cc(-c3cc(-c4nc(-c5ccccc5)nc(-c5ccccc5)n4)ccc3-n3c4ccc(-n5c6ccccc6c6ccccc65)cc4c4cc(-n5c6ccccc6c6ccccc65)ccc43)nc(-c3ccccc3)n2)cc1. The number of rotatable bonds is 9. The molecule has 378 valence electrons. The van der Waals surface area contributed by atoms with Crippen LogP contribution in [0, 0.1) is 0 Å². The second-order valence-electron chi connectivity index (χ2n) is 20.4. The Morgan fingerprint density at radius 3 is 0.988 bits per heavy atom. The van der Waals surface area contributed by atoms with E-state index >= 15 is 0 Å². The van der Waals surface area contributed by atoms with E-state index in [1.54, 1.807) is 0 Å². The highest BCUT2D eigenvalue weighted by Crippen LogP contribution is 2.43. The lowest BCUT2D eigenvalue weighted by Crippen LogP contribution is -2.03. The maximum atomic E-state index is 5.52. The van der Waals surface area contributed by atoms with E-state index in [0.29, 0.717) is 23.3 Å².